The van der Waals surface area contributed by atoms with Gasteiger partial charge in [0.15, 0.2) is 5.54 Å². The third kappa shape index (κ3) is 2.36. The molecule has 1 fully saturated rings. The largest absolute Gasteiger partial charge is 0.492 e. The van der Waals surface area contributed by atoms with Gasteiger partial charge in [-0.2, -0.15) is 10.2 Å². The fourth-order valence-corrected chi connectivity index (χ4v) is 3.19. The average molecular weight is 342 g/mol. The number of nitrogens with zero attached hydrogens (tertiary/aromatic N) is 3. The van der Waals surface area contributed by atoms with E-state index in [1.54, 1.807) is 12.1 Å². The molecule has 0 radical (unpaired) electrons. The van der Waals surface area contributed by atoms with Crippen LogP contribution in [0.4, 0.5) is 5.69 Å². The van der Waals surface area contributed by atoms with E-state index in [2.05, 4.69) is 10.2 Å². The van der Waals surface area contributed by atoms with Crippen LogP contribution < -0.4 is 9.64 Å². The topological polar surface area (TPSA) is 71.3 Å². The van der Waals surface area contributed by atoms with Crippen molar-refractivity contribution in [3.63, 3.8) is 0 Å². The standard InChI is InChI=1S/C14H13Cl2N3O3/c1-2-22-10-4-3-8(5-9(10)15)19-12(20)7-14(13(19)21)6-11(16)17-18-14/h3-5,11H,2,6-7H2,1H3/t11-,14+/m0/s1. The Kier molecular flexibility index (Phi) is 3.82. The summed E-state index contributed by atoms with van der Waals surface area (Å²) in [4.78, 5) is 26.0. The van der Waals surface area contributed by atoms with E-state index in [0.717, 1.165) is 4.90 Å². The lowest BCUT2D eigenvalue weighted by molar-refractivity contribution is -0.122. The number of benzene rings is 1. The van der Waals surface area contributed by atoms with Crippen molar-refractivity contribution in [3.8, 4) is 5.75 Å². The molecule has 2 atom stereocenters. The minimum atomic E-state index is -1.16. The number of amides is 2. The zero-order valence-electron chi connectivity index (χ0n) is 11.8. The van der Waals surface area contributed by atoms with Crippen LogP contribution in [0.15, 0.2) is 28.4 Å². The summed E-state index contributed by atoms with van der Waals surface area (Å²) in [6.07, 6.45) is 0.212. The molecule has 0 N–H and O–H groups in total. The number of azo groups is 1. The van der Waals surface area contributed by atoms with Crippen LogP contribution in [-0.4, -0.2) is 29.5 Å². The first-order chi connectivity index (χ1) is 10.5. The lowest BCUT2D eigenvalue weighted by Crippen LogP contribution is -2.38. The molecule has 1 spiro atoms. The van der Waals surface area contributed by atoms with Crippen molar-refractivity contribution in [3.05, 3.63) is 23.2 Å². The van der Waals surface area contributed by atoms with Gasteiger partial charge in [-0.25, -0.2) is 4.90 Å². The lowest BCUT2D eigenvalue weighted by Gasteiger charge is -2.18. The van der Waals surface area contributed by atoms with E-state index in [-0.39, 0.29) is 18.7 Å². The van der Waals surface area contributed by atoms with Gasteiger partial charge in [0.1, 0.15) is 11.3 Å². The Hall–Kier alpha value is -1.66. The Labute approximate surface area is 137 Å². The molecule has 0 aromatic heterocycles. The third-order valence-corrected chi connectivity index (χ3v) is 4.19. The van der Waals surface area contributed by atoms with E-state index in [0.29, 0.717) is 23.1 Å². The van der Waals surface area contributed by atoms with E-state index in [9.17, 15) is 9.59 Å². The monoisotopic (exact) mass is 341 g/mol. The first-order valence-electron chi connectivity index (χ1n) is 6.82. The van der Waals surface area contributed by atoms with Gasteiger partial charge in [0.05, 0.1) is 23.7 Å². The maximum Gasteiger partial charge on any atom is 0.264 e. The van der Waals surface area contributed by atoms with Gasteiger partial charge in [-0.15, -0.1) is 0 Å². The van der Waals surface area contributed by atoms with E-state index < -0.39 is 16.9 Å². The minimum Gasteiger partial charge on any atom is -0.492 e. The zero-order chi connectivity index (χ0) is 15.9. The average Bonchev–Trinajstić information content (AvgIpc) is 2.94. The summed E-state index contributed by atoms with van der Waals surface area (Å²) in [6, 6.07) is 4.79. The Morgan fingerprint density at radius 2 is 2.23 bits per heavy atom. The van der Waals surface area contributed by atoms with Crippen molar-refractivity contribution in [2.45, 2.75) is 30.8 Å². The highest BCUT2D eigenvalue weighted by atomic mass is 35.5. The Morgan fingerprint density at radius 3 is 2.82 bits per heavy atom. The summed E-state index contributed by atoms with van der Waals surface area (Å²) in [5.41, 5.74) is -1.33. The molecule has 2 aliphatic heterocycles. The lowest BCUT2D eigenvalue weighted by atomic mass is 9.95. The van der Waals surface area contributed by atoms with Gasteiger partial charge in [-0.05, 0) is 25.1 Å². The minimum absolute atomic E-state index is 0.0244. The fourth-order valence-electron chi connectivity index (χ4n) is 2.66. The van der Waals surface area contributed by atoms with Crippen LogP contribution in [0.3, 0.4) is 0 Å². The van der Waals surface area contributed by atoms with Crippen molar-refractivity contribution in [2.24, 2.45) is 10.2 Å². The molecule has 2 heterocycles. The number of ether oxygens (including phenoxy) is 1. The summed E-state index contributed by atoms with van der Waals surface area (Å²) in [5.74, 6) is -0.248. The van der Waals surface area contributed by atoms with Gasteiger partial charge < -0.3 is 4.74 Å². The molecule has 1 aromatic carbocycles. The quantitative estimate of drug-likeness (QED) is 0.481. The number of carbonyl (C=O) groups excluding carboxylic acids is 2. The van der Waals surface area contributed by atoms with Crippen LogP contribution in [0, 0.1) is 0 Å². The summed E-state index contributed by atoms with van der Waals surface area (Å²) in [7, 11) is 0. The molecule has 1 saturated heterocycles. The van der Waals surface area contributed by atoms with Crippen LogP contribution in [0.5, 0.6) is 5.75 Å². The van der Waals surface area contributed by atoms with Gasteiger partial charge >= 0.3 is 0 Å². The van der Waals surface area contributed by atoms with Crippen LogP contribution in [0.1, 0.15) is 19.8 Å². The fraction of sp³-hybridized carbons (Fsp3) is 0.429. The highest BCUT2D eigenvalue weighted by molar-refractivity contribution is 6.33. The van der Waals surface area contributed by atoms with Crippen molar-refractivity contribution < 1.29 is 14.3 Å². The van der Waals surface area contributed by atoms with Gasteiger partial charge in [0.25, 0.3) is 5.91 Å². The van der Waals surface area contributed by atoms with E-state index >= 15 is 0 Å². The Balaban J connectivity index is 1.92. The number of alkyl halides is 1. The molecule has 3 rings (SSSR count). The number of rotatable bonds is 3. The predicted molar refractivity (Wildman–Crippen MR) is 81.6 cm³/mol. The predicted octanol–water partition coefficient (Wildman–Crippen LogP) is 3.16. The van der Waals surface area contributed by atoms with Crippen molar-refractivity contribution in [1.82, 2.24) is 0 Å². The van der Waals surface area contributed by atoms with Gasteiger partial charge in [0.2, 0.25) is 5.91 Å². The molecule has 6 nitrogen and oxygen atoms in total. The molecule has 8 heteroatoms. The Morgan fingerprint density at radius 1 is 1.45 bits per heavy atom. The smallest absolute Gasteiger partial charge is 0.264 e. The molecule has 0 saturated carbocycles. The second-order valence-electron chi connectivity index (χ2n) is 5.14. The van der Waals surface area contributed by atoms with Crippen molar-refractivity contribution >= 4 is 40.7 Å². The zero-order valence-corrected chi connectivity index (χ0v) is 13.3. The van der Waals surface area contributed by atoms with Crippen LogP contribution in [0.2, 0.25) is 5.02 Å². The molecule has 0 bridgehead atoms. The van der Waals surface area contributed by atoms with E-state index in [1.807, 2.05) is 6.92 Å². The summed E-state index contributed by atoms with van der Waals surface area (Å²) in [6.45, 7) is 2.32. The third-order valence-electron chi connectivity index (χ3n) is 3.65. The molecule has 2 aliphatic rings. The normalized spacial score (nSPS) is 27.2. The van der Waals surface area contributed by atoms with Gasteiger partial charge in [0, 0.05) is 6.42 Å². The summed E-state index contributed by atoms with van der Waals surface area (Å²) < 4.78 is 5.34. The molecule has 0 aliphatic carbocycles. The second kappa shape index (κ2) is 5.52. The second-order valence-corrected chi connectivity index (χ2v) is 6.06. The van der Waals surface area contributed by atoms with Crippen molar-refractivity contribution in [1.29, 1.82) is 0 Å². The molecular formula is C14H13Cl2N3O3. The Bertz CT molecular complexity index is 679. The van der Waals surface area contributed by atoms with Gasteiger partial charge in [-0.1, -0.05) is 23.2 Å². The first kappa shape index (κ1) is 15.2. The van der Waals surface area contributed by atoms with Crippen LogP contribution in [-0.2, 0) is 9.59 Å². The number of hydrogen-bond donors (Lipinski definition) is 0. The number of hydrogen-bond acceptors (Lipinski definition) is 5. The highest BCUT2D eigenvalue weighted by Crippen LogP contribution is 2.41. The number of carbonyl (C=O) groups is 2. The maximum atomic E-state index is 12.6. The molecule has 1 aromatic rings. The molecule has 2 amide bonds. The van der Waals surface area contributed by atoms with Crippen molar-refractivity contribution in [2.75, 3.05) is 11.5 Å². The van der Waals surface area contributed by atoms with Crippen LogP contribution >= 0.6 is 23.2 Å². The van der Waals surface area contributed by atoms with E-state index in [4.69, 9.17) is 27.9 Å². The first-order valence-corrected chi connectivity index (χ1v) is 7.64. The number of anilines is 1. The molecular weight excluding hydrogens is 329 g/mol. The molecule has 0 unspecified atom stereocenters. The SMILES string of the molecule is CCOc1ccc(N2C(=O)C[C@]3(C[C@@H](Cl)N=N3)C2=O)cc1Cl. The van der Waals surface area contributed by atoms with E-state index in [1.165, 1.54) is 6.07 Å². The summed E-state index contributed by atoms with van der Waals surface area (Å²) >= 11 is 12.0. The highest BCUT2D eigenvalue weighted by Gasteiger charge is 2.56. The maximum absolute atomic E-state index is 12.6. The number of imide groups is 1. The number of halogens is 2. The summed E-state index contributed by atoms with van der Waals surface area (Å²) in [5, 5.41) is 8.07. The van der Waals surface area contributed by atoms with Crippen LogP contribution in [0.25, 0.3) is 0 Å². The molecule has 116 valence electrons. The van der Waals surface area contributed by atoms with Gasteiger partial charge in [-0.3, -0.25) is 9.59 Å². The molecule has 22 heavy (non-hydrogen) atoms.